The average molecular weight is 484 g/mol. The molecule has 1 aromatic heterocycles. The van der Waals surface area contributed by atoms with Gasteiger partial charge in [-0.25, -0.2) is 13.4 Å². The third-order valence-electron chi connectivity index (χ3n) is 4.86. The number of aryl methyl sites for hydroxylation is 1. The summed E-state index contributed by atoms with van der Waals surface area (Å²) in [6.45, 7) is 1.88. The number of nitrogens with one attached hydrogen (secondary N) is 2. The number of sulfonamides is 1. The van der Waals surface area contributed by atoms with Gasteiger partial charge in [0.15, 0.2) is 5.13 Å². The Labute approximate surface area is 195 Å². The van der Waals surface area contributed by atoms with Crippen LogP contribution >= 0.6 is 11.3 Å². The Balaban J connectivity index is 1.50. The van der Waals surface area contributed by atoms with Crippen LogP contribution in [0.4, 0.5) is 10.8 Å². The molecule has 0 atom stereocenters. The highest BCUT2D eigenvalue weighted by molar-refractivity contribution is 7.92. The average Bonchev–Trinajstić information content (AvgIpc) is 3.22. The molecule has 0 aliphatic heterocycles. The molecule has 0 bridgehead atoms. The Bertz CT molecular complexity index is 1370. The molecule has 0 radical (unpaired) electrons. The van der Waals surface area contributed by atoms with Crippen molar-refractivity contribution in [2.24, 2.45) is 0 Å². The molecule has 3 aromatic carbocycles. The lowest BCUT2D eigenvalue weighted by molar-refractivity contribution is 0.102. The third-order valence-corrected chi connectivity index (χ3v) is 7.24. The molecule has 10 heteroatoms. The number of carbonyl (C=O) groups is 1. The molecule has 33 heavy (non-hydrogen) atoms. The molecule has 0 aliphatic carbocycles. The van der Waals surface area contributed by atoms with E-state index in [-0.39, 0.29) is 10.8 Å². The van der Waals surface area contributed by atoms with Gasteiger partial charge in [-0.15, -0.1) is 0 Å². The summed E-state index contributed by atoms with van der Waals surface area (Å²) in [4.78, 5) is 17.3. The van der Waals surface area contributed by atoms with Gasteiger partial charge >= 0.3 is 0 Å². The highest BCUT2D eigenvalue weighted by Gasteiger charge is 2.17. The summed E-state index contributed by atoms with van der Waals surface area (Å²) in [5.74, 6) is 0.835. The molecule has 4 rings (SSSR count). The molecule has 0 aliphatic rings. The maximum absolute atomic E-state index is 12.7. The molecule has 1 amide bonds. The second kappa shape index (κ2) is 9.08. The fourth-order valence-corrected chi connectivity index (χ4v) is 5.16. The van der Waals surface area contributed by atoms with Gasteiger partial charge in [-0.2, -0.15) is 0 Å². The van der Waals surface area contributed by atoms with E-state index in [2.05, 4.69) is 15.0 Å². The summed E-state index contributed by atoms with van der Waals surface area (Å²) in [6, 6.07) is 16.2. The van der Waals surface area contributed by atoms with Crippen molar-refractivity contribution in [1.82, 2.24) is 4.98 Å². The lowest BCUT2D eigenvalue weighted by atomic mass is 10.2. The monoisotopic (exact) mass is 483 g/mol. The fraction of sp³-hybridized carbons (Fsp3) is 0.130. The van der Waals surface area contributed by atoms with Gasteiger partial charge in [-0.05, 0) is 55.5 Å². The third kappa shape index (κ3) is 4.76. The topological polar surface area (TPSA) is 107 Å². The van der Waals surface area contributed by atoms with Crippen LogP contribution in [0.25, 0.3) is 10.2 Å². The zero-order valence-electron chi connectivity index (χ0n) is 18.1. The molecule has 1 heterocycles. The van der Waals surface area contributed by atoms with E-state index < -0.39 is 10.0 Å². The number of thiazole rings is 1. The van der Waals surface area contributed by atoms with Gasteiger partial charge in [0.05, 0.1) is 19.1 Å². The predicted octanol–water partition coefficient (Wildman–Crippen LogP) is 4.68. The van der Waals surface area contributed by atoms with Crippen LogP contribution in [0.15, 0.2) is 65.6 Å². The van der Waals surface area contributed by atoms with E-state index >= 15 is 0 Å². The Kier molecular flexibility index (Phi) is 6.21. The first-order valence-electron chi connectivity index (χ1n) is 9.83. The predicted molar refractivity (Wildman–Crippen MR) is 129 cm³/mol. The van der Waals surface area contributed by atoms with Crippen molar-refractivity contribution < 1.29 is 22.7 Å². The standard InChI is InChI=1S/C23H21N3O5S2/c1-14-4-10-17(11-5-14)33(28,29)26-16-8-6-15(7-9-16)22(27)25-23-24-20-18(30-2)12-13-19(31-3)21(20)32-23/h4-13,26H,1-3H3,(H,24,25,27). The summed E-state index contributed by atoms with van der Waals surface area (Å²) >= 11 is 1.27. The van der Waals surface area contributed by atoms with Crippen molar-refractivity contribution in [2.75, 3.05) is 24.3 Å². The van der Waals surface area contributed by atoms with Gasteiger partial charge in [-0.3, -0.25) is 14.8 Å². The largest absolute Gasteiger partial charge is 0.495 e. The van der Waals surface area contributed by atoms with Gasteiger partial charge in [0.1, 0.15) is 21.7 Å². The first-order valence-corrected chi connectivity index (χ1v) is 12.1. The number of hydrogen-bond acceptors (Lipinski definition) is 7. The number of rotatable bonds is 7. The first kappa shape index (κ1) is 22.6. The van der Waals surface area contributed by atoms with Crippen molar-refractivity contribution in [3.63, 3.8) is 0 Å². The minimum Gasteiger partial charge on any atom is -0.495 e. The van der Waals surface area contributed by atoms with Crippen LogP contribution in [0.5, 0.6) is 11.5 Å². The lowest BCUT2D eigenvalue weighted by Gasteiger charge is -2.09. The Morgan fingerprint density at radius 3 is 2.18 bits per heavy atom. The summed E-state index contributed by atoms with van der Waals surface area (Å²) < 4.78 is 39.1. The summed E-state index contributed by atoms with van der Waals surface area (Å²) in [5, 5.41) is 3.16. The molecule has 4 aromatic rings. The molecule has 8 nitrogen and oxygen atoms in total. The van der Waals surface area contributed by atoms with E-state index in [1.165, 1.54) is 35.6 Å². The SMILES string of the molecule is COc1ccc(OC)c2sc(NC(=O)c3ccc(NS(=O)(=O)c4ccc(C)cc4)cc3)nc12. The van der Waals surface area contributed by atoms with Crippen LogP contribution in [0.2, 0.25) is 0 Å². The van der Waals surface area contributed by atoms with Gasteiger partial charge in [-0.1, -0.05) is 29.0 Å². The van der Waals surface area contributed by atoms with Crippen LogP contribution in [-0.4, -0.2) is 33.5 Å². The Morgan fingerprint density at radius 2 is 1.55 bits per heavy atom. The summed E-state index contributed by atoms with van der Waals surface area (Å²) in [5.41, 5.74) is 2.26. The Hall–Kier alpha value is -3.63. The first-order chi connectivity index (χ1) is 15.8. The lowest BCUT2D eigenvalue weighted by Crippen LogP contribution is -2.14. The molecular formula is C23H21N3O5S2. The number of benzene rings is 3. The van der Waals surface area contributed by atoms with E-state index in [9.17, 15) is 13.2 Å². The second-order valence-electron chi connectivity index (χ2n) is 7.12. The number of aromatic nitrogens is 1. The van der Waals surface area contributed by atoms with E-state index in [1.54, 1.807) is 50.6 Å². The smallest absolute Gasteiger partial charge is 0.261 e. The number of fused-ring (bicyclic) bond motifs is 1. The minimum atomic E-state index is -3.72. The van der Waals surface area contributed by atoms with Gasteiger partial charge in [0.2, 0.25) is 0 Å². The minimum absolute atomic E-state index is 0.164. The number of hydrogen-bond donors (Lipinski definition) is 2. The number of anilines is 2. The van der Waals surface area contributed by atoms with E-state index in [1.807, 2.05) is 6.92 Å². The molecule has 0 saturated heterocycles. The van der Waals surface area contributed by atoms with Crippen LogP contribution in [0.3, 0.4) is 0 Å². The molecule has 2 N–H and O–H groups in total. The van der Waals surface area contributed by atoms with Gasteiger partial charge < -0.3 is 9.47 Å². The van der Waals surface area contributed by atoms with Crippen LogP contribution < -0.4 is 19.5 Å². The fourth-order valence-electron chi connectivity index (χ4n) is 3.13. The molecule has 0 unspecified atom stereocenters. The number of amides is 1. The quantitative estimate of drug-likeness (QED) is 0.395. The zero-order valence-corrected chi connectivity index (χ0v) is 19.7. The summed E-state index contributed by atoms with van der Waals surface area (Å²) in [6.07, 6.45) is 0. The molecule has 0 spiro atoms. The molecular weight excluding hydrogens is 462 g/mol. The second-order valence-corrected chi connectivity index (χ2v) is 9.80. The highest BCUT2D eigenvalue weighted by Crippen LogP contribution is 2.38. The number of carbonyl (C=O) groups excluding carboxylic acids is 1. The molecule has 170 valence electrons. The maximum atomic E-state index is 12.7. The van der Waals surface area contributed by atoms with Crippen molar-refractivity contribution >= 4 is 48.3 Å². The number of ether oxygens (including phenoxy) is 2. The van der Waals surface area contributed by atoms with Crippen LogP contribution in [0.1, 0.15) is 15.9 Å². The number of methoxy groups -OCH3 is 2. The normalized spacial score (nSPS) is 11.2. The van der Waals surface area contributed by atoms with E-state index in [4.69, 9.17) is 9.47 Å². The summed E-state index contributed by atoms with van der Waals surface area (Å²) in [7, 11) is -0.610. The maximum Gasteiger partial charge on any atom is 0.261 e. The van der Waals surface area contributed by atoms with Crippen molar-refractivity contribution in [1.29, 1.82) is 0 Å². The zero-order chi connectivity index (χ0) is 23.6. The van der Waals surface area contributed by atoms with Crippen molar-refractivity contribution in [3.05, 3.63) is 71.8 Å². The number of nitrogens with zero attached hydrogens (tertiary/aromatic N) is 1. The van der Waals surface area contributed by atoms with Crippen molar-refractivity contribution in [2.45, 2.75) is 11.8 Å². The molecule has 0 saturated carbocycles. The Morgan fingerprint density at radius 1 is 0.909 bits per heavy atom. The highest BCUT2D eigenvalue weighted by atomic mass is 32.2. The van der Waals surface area contributed by atoms with Gasteiger partial charge in [0.25, 0.3) is 15.9 Å². The van der Waals surface area contributed by atoms with Crippen LogP contribution in [0, 0.1) is 6.92 Å². The van der Waals surface area contributed by atoms with Gasteiger partial charge in [0, 0.05) is 11.3 Å². The van der Waals surface area contributed by atoms with E-state index in [0.29, 0.717) is 33.4 Å². The van der Waals surface area contributed by atoms with E-state index in [0.717, 1.165) is 10.3 Å². The van der Waals surface area contributed by atoms with Crippen LogP contribution in [-0.2, 0) is 10.0 Å². The molecule has 0 fully saturated rings. The van der Waals surface area contributed by atoms with Crippen molar-refractivity contribution in [3.8, 4) is 11.5 Å².